The summed E-state index contributed by atoms with van der Waals surface area (Å²) >= 11 is 6.44. The molecule has 2 atom stereocenters. The highest BCUT2D eigenvalue weighted by Crippen LogP contribution is 2.42. The fourth-order valence-electron chi connectivity index (χ4n) is 6.07. The number of nitrogens with zero attached hydrogens (tertiary/aromatic N) is 5. The molecule has 2 aromatic heterocycles. The van der Waals surface area contributed by atoms with E-state index < -0.39 is 10.0 Å². The van der Waals surface area contributed by atoms with Gasteiger partial charge in [-0.15, -0.1) is 0 Å². The molecule has 4 aromatic rings. The zero-order chi connectivity index (χ0) is 28.3. The number of aromatic nitrogens is 3. The molecule has 1 amide bonds. The Bertz CT molecular complexity index is 1730. The van der Waals surface area contributed by atoms with E-state index in [9.17, 15) is 13.2 Å². The van der Waals surface area contributed by atoms with Crippen LogP contribution >= 0.6 is 11.6 Å². The second-order valence-electron chi connectivity index (χ2n) is 10.4. The molecule has 12 heteroatoms. The second kappa shape index (κ2) is 9.90. The first kappa shape index (κ1) is 26.8. The molecule has 2 saturated heterocycles. The van der Waals surface area contributed by atoms with Crippen LogP contribution in [0.5, 0.6) is 5.75 Å². The van der Waals surface area contributed by atoms with E-state index in [4.69, 9.17) is 25.8 Å². The summed E-state index contributed by atoms with van der Waals surface area (Å²) in [5.41, 5.74) is 4.96. The lowest BCUT2D eigenvalue weighted by Gasteiger charge is -2.27. The van der Waals surface area contributed by atoms with Gasteiger partial charge in [-0.05, 0) is 62.6 Å². The molecule has 6 rings (SSSR count). The van der Waals surface area contributed by atoms with Gasteiger partial charge < -0.3 is 18.7 Å². The fraction of sp³-hybridized carbons (Fsp3) is 0.393. The van der Waals surface area contributed by atoms with Crippen LogP contribution in [0.4, 0.5) is 5.69 Å². The van der Waals surface area contributed by atoms with E-state index in [0.717, 1.165) is 39.4 Å². The minimum absolute atomic E-state index is 0.0227. The van der Waals surface area contributed by atoms with E-state index >= 15 is 0 Å². The van der Waals surface area contributed by atoms with Gasteiger partial charge in [0.15, 0.2) is 0 Å². The maximum absolute atomic E-state index is 13.2. The maximum Gasteiger partial charge on any atom is 0.227 e. The molecule has 0 bridgehead atoms. The summed E-state index contributed by atoms with van der Waals surface area (Å²) in [7, 11) is -1.79. The van der Waals surface area contributed by atoms with Gasteiger partial charge >= 0.3 is 0 Å². The highest BCUT2D eigenvalue weighted by molar-refractivity contribution is 7.88. The minimum atomic E-state index is -3.34. The summed E-state index contributed by atoms with van der Waals surface area (Å²) in [6.07, 6.45) is 2.82. The number of carbonyl (C=O) groups excluding carboxylic acids is 1. The van der Waals surface area contributed by atoms with Crippen molar-refractivity contribution in [2.24, 2.45) is 0 Å². The first-order valence-corrected chi connectivity index (χ1v) is 15.3. The minimum Gasteiger partial charge on any atom is -0.495 e. The van der Waals surface area contributed by atoms with E-state index in [1.807, 2.05) is 38.1 Å². The molecule has 2 aliphatic heterocycles. The maximum atomic E-state index is 13.2. The van der Waals surface area contributed by atoms with Gasteiger partial charge in [-0.25, -0.2) is 17.7 Å². The number of hydrogen-bond donors (Lipinski definition) is 0. The number of halogens is 1. The summed E-state index contributed by atoms with van der Waals surface area (Å²) in [6.45, 7) is 4.56. The van der Waals surface area contributed by atoms with Crippen molar-refractivity contribution >= 4 is 44.3 Å². The van der Waals surface area contributed by atoms with Gasteiger partial charge in [-0.1, -0.05) is 22.8 Å². The zero-order valence-corrected chi connectivity index (χ0v) is 24.3. The molecule has 4 heterocycles. The van der Waals surface area contributed by atoms with E-state index in [-0.39, 0.29) is 18.0 Å². The molecule has 40 heavy (non-hydrogen) atoms. The molecule has 2 aromatic carbocycles. The summed E-state index contributed by atoms with van der Waals surface area (Å²) in [6, 6.07) is 10.9. The molecule has 0 aliphatic carbocycles. The molecular formula is C28H30ClN5O5S. The van der Waals surface area contributed by atoms with Gasteiger partial charge in [0.2, 0.25) is 15.9 Å². The van der Waals surface area contributed by atoms with Crippen molar-refractivity contribution < 1.29 is 22.5 Å². The van der Waals surface area contributed by atoms with Crippen LogP contribution in [0.25, 0.3) is 22.2 Å². The topological polar surface area (TPSA) is 111 Å². The molecule has 0 radical (unpaired) electrons. The largest absolute Gasteiger partial charge is 0.495 e. The summed E-state index contributed by atoms with van der Waals surface area (Å²) < 4.78 is 39.1. The first-order valence-electron chi connectivity index (χ1n) is 13.1. The Morgan fingerprint density at radius 3 is 2.58 bits per heavy atom. The van der Waals surface area contributed by atoms with Crippen molar-refractivity contribution in [3.63, 3.8) is 0 Å². The smallest absolute Gasteiger partial charge is 0.227 e. The monoisotopic (exact) mass is 583 g/mol. The summed E-state index contributed by atoms with van der Waals surface area (Å²) in [5, 5.41) is 4.51. The number of anilines is 1. The molecule has 0 saturated carbocycles. The number of imidazole rings is 1. The first-order chi connectivity index (χ1) is 19.1. The van der Waals surface area contributed by atoms with Crippen molar-refractivity contribution in [2.45, 2.75) is 45.2 Å². The third-order valence-corrected chi connectivity index (χ3v) is 9.49. The molecule has 0 unspecified atom stereocenters. The molecule has 0 N–H and O–H groups in total. The number of sulfonamides is 1. The average Bonchev–Trinajstić information content (AvgIpc) is 3.68. The molecule has 2 aliphatic rings. The van der Waals surface area contributed by atoms with Crippen LogP contribution in [0.2, 0.25) is 5.02 Å². The normalized spacial score (nSPS) is 20.2. The van der Waals surface area contributed by atoms with Gasteiger partial charge in [0.25, 0.3) is 0 Å². The highest BCUT2D eigenvalue weighted by atomic mass is 35.5. The standard InChI is InChI=1S/C28H30ClN5O5S/c1-16-27(17(2)39-31-16)18-5-7-23-22(13-18)30-28(34(23)20-11-12-32(15-20)40(4,36)37)24-8-10-26(35)33(24)19-6-9-25(38-3)21(29)14-19/h5-7,9,13-14,20,24H,8,10-12,15H2,1-4H3/t20-,24+/m1/s1. The third kappa shape index (κ3) is 4.46. The predicted molar refractivity (Wildman–Crippen MR) is 152 cm³/mol. The van der Waals surface area contributed by atoms with Crippen LogP contribution < -0.4 is 9.64 Å². The number of benzene rings is 2. The number of methoxy groups -OCH3 is 1. The molecule has 0 spiro atoms. The van der Waals surface area contributed by atoms with Crippen molar-refractivity contribution in [1.29, 1.82) is 0 Å². The fourth-order valence-corrected chi connectivity index (χ4v) is 7.20. The van der Waals surface area contributed by atoms with Crippen LogP contribution in [-0.4, -0.2) is 59.8 Å². The number of hydrogen-bond acceptors (Lipinski definition) is 7. The number of aryl methyl sites for hydroxylation is 2. The van der Waals surface area contributed by atoms with Crippen molar-refractivity contribution in [2.75, 3.05) is 31.4 Å². The van der Waals surface area contributed by atoms with Crippen LogP contribution in [0.3, 0.4) is 0 Å². The van der Waals surface area contributed by atoms with Gasteiger partial charge in [0, 0.05) is 30.8 Å². The zero-order valence-electron chi connectivity index (χ0n) is 22.7. The summed E-state index contributed by atoms with van der Waals surface area (Å²) in [4.78, 5) is 20.1. The Kier molecular flexibility index (Phi) is 6.63. The SMILES string of the molecule is COc1ccc(N2C(=O)CC[C@H]2c2nc3cc(-c4c(C)noc4C)ccc3n2[C@@H]2CCN(S(C)(=O)=O)C2)cc1Cl. The third-order valence-electron chi connectivity index (χ3n) is 7.92. The molecule has 210 valence electrons. The van der Waals surface area contributed by atoms with Crippen LogP contribution in [-0.2, 0) is 14.8 Å². The average molecular weight is 584 g/mol. The Morgan fingerprint density at radius 1 is 1.12 bits per heavy atom. The summed E-state index contributed by atoms with van der Waals surface area (Å²) in [5.74, 6) is 1.95. The van der Waals surface area contributed by atoms with E-state index in [2.05, 4.69) is 9.72 Å². The second-order valence-corrected chi connectivity index (χ2v) is 12.8. The lowest BCUT2D eigenvalue weighted by Crippen LogP contribution is -2.31. The van der Waals surface area contributed by atoms with E-state index in [0.29, 0.717) is 48.8 Å². The predicted octanol–water partition coefficient (Wildman–Crippen LogP) is 5.04. The van der Waals surface area contributed by atoms with Gasteiger partial charge in [0.05, 0.1) is 47.2 Å². The molecular weight excluding hydrogens is 554 g/mol. The molecule has 10 nitrogen and oxygen atoms in total. The Morgan fingerprint density at radius 2 is 1.93 bits per heavy atom. The highest BCUT2D eigenvalue weighted by Gasteiger charge is 2.40. The van der Waals surface area contributed by atoms with Crippen LogP contribution in [0, 0.1) is 13.8 Å². The molecule has 2 fully saturated rings. The Labute approximate surface area is 237 Å². The van der Waals surface area contributed by atoms with Crippen molar-refractivity contribution in [3.05, 3.63) is 58.7 Å². The number of rotatable bonds is 6. The van der Waals surface area contributed by atoms with Gasteiger partial charge in [-0.2, -0.15) is 0 Å². The van der Waals surface area contributed by atoms with Gasteiger partial charge in [-0.3, -0.25) is 4.79 Å². The van der Waals surface area contributed by atoms with Crippen molar-refractivity contribution in [1.82, 2.24) is 19.0 Å². The van der Waals surface area contributed by atoms with E-state index in [1.54, 1.807) is 24.1 Å². The number of fused-ring (bicyclic) bond motifs is 1. The van der Waals surface area contributed by atoms with Crippen molar-refractivity contribution in [3.8, 4) is 16.9 Å². The Hall–Kier alpha value is -3.41. The Balaban J connectivity index is 1.50. The number of carbonyl (C=O) groups is 1. The lowest BCUT2D eigenvalue weighted by atomic mass is 10.0. The lowest BCUT2D eigenvalue weighted by molar-refractivity contribution is -0.117. The number of amides is 1. The number of ether oxygens (including phenoxy) is 1. The van der Waals surface area contributed by atoms with Gasteiger partial charge in [0.1, 0.15) is 17.3 Å². The van der Waals surface area contributed by atoms with E-state index in [1.165, 1.54) is 10.6 Å². The van der Waals surface area contributed by atoms with Crippen LogP contribution in [0.15, 0.2) is 40.9 Å². The van der Waals surface area contributed by atoms with Crippen LogP contribution in [0.1, 0.15) is 48.6 Å². The quantitative estimate of drug-likeness (QED) is 0.312.